The fraction of sp³-hybridized carbons (Fsp3) is 0.552. The molecular weight excluding hydrogens is 504 g/mol. The van der Waals surface area contributed by atoms with Crippen molar-refractivity contribution in [3.05, 3.63) is 64.1 Å². The Morgan fingerprint density at radius 3 is 2.69 bits per heavy atom. The van der Waals surface area contributed by atoms with E-state index in [1.807, 2.05) is 35.2 Å². The summed E-state index contributed by atoms with van der Waals surface area (Å²) in [5, 5.41) is 12.5. The number of halogens is 1. The number of carbonyl (C=O) groups is 1. The van der Waals surface area contributed by atoms with Gasteiger partial charge in [-0.3, -0.25) is 4.79 Å². The van der Waals surface area contributed by atoms with Crippen LogP contribution in [-0.2, 0) is 21.6 Å². The minimum Gasteiger partial charge on any atom is -0.380 e. The zero-order chi connectivity index (χ0) is 24.4. The number of hydrogen-bond acceptors (Lipinski definition) is 3. The number of anilines is 1. The van der Waals surface area contributed by atoms with E-state index < -0.39 is 22.0 Å². The van der Waals surface area contributed by atoms with Gasteiger partial charge in [0, 0.05) is 35.6 Å². The Morgan fingerprint density at radius 1 is 1.14 bits per heavy atom. The van der Waals surface area contributed by atoms with E-state index in [1.54, 1.807) is 0 Å². The number of aliphatic hydroxyl groups is 1. The van der Waals surface area contributed by atoms with Crippen LogP contribution in [0, 0.1) is 5.41 Å². The summed E-state index contributed by atoms with van der Waals surface area (Å²) in [6, 6.07) is 17.1. The van der Waals surface area contributed by atoms with Crippen molar-refractivity contribution in [1.82, 2.24) is 0 Å². The summed E-state index contributed by atoms with van der Waals surface area (Å²) in [7, 11) is 0. The second kappa shape index (κ2) is 6.77. The van der Waals surface area contributed by atoms with E-state index in [1.165, 1.54) is 6.42 Å². The predicted molar refractivity (Wildman–Crippen MR) is 137 cm³/mol. The number of fused-ring (bicyclic) bond motifs is 2. The highest BCUT2D eigenvalue weighted by atomic mass is 79.9. The van der Waals surface area contributed by atoms with Crippen LogP contribution in [0.3, 0.4) is 0 Å². The summed E-state index contributed by atoms with van der Waals surface area (Å²) in [5.74, 6) is 0.0959. The van der Waals surface area contributed by atoms with Crippen molar-refractivity contribution >= 4 is 27.5 Å². The minimum absolute atomic E-state index is 0.0959. The molecule has 1 aliphatic carbocycles. The molecule has 2 aromatic rings. The van der Waals surface area contributed by atoms with Crippen molar-refractivity contribution in [2.75, 3.05) is 11.4 Å². The molecule has 0 aromatic heterocycles. The Balaban J connectivity index is 1.40. The van der Waals surface area contributed by atoms with Gasteiger partial charge in [-0.2, -0.15) is 9.48 Å². The topological polar surface area (TPSA) is 49.8 Å². The Bertz CT molecular complexity index is 1250. The quantitative estimate of drug-likeness (QED) is 0.533. The van der Waals surface area contributed by atoms with Crippen LogP contribution in [0.4, 0.5) is 5.69 Å². The molecule has 6 atom stereocenters. The highest BCUT2D eigenvalue weighted by Gasteiger charge is 2.90. The molecule has 0 radical (unpaired) electrons. The molecule has 6 heteroatoms. The summed E-state index contributed by atoms with van der Waals surface area (Å²) in [6.07, 6.45) is 4.74. The van der Waals surface area contributed by atoms with Gasteiger partial charge in [0.1, 0.15) is 18.6 Å². The molecule has 4 aliphatic heterocycles. The van der Waals surface area contributed by atoms with E-state index in [2.05, 4.69) is 54.9 Å². The summed E-state index contributed by atoms with van der Waals surface area (Å²) < 4.78 is 1.51. The van der Waals surface area contributed by atoms with Gasteiger partial charge >= 0.3 is 0 Å². The fourth-order valence-corrected chi connectivity index (χ4v) is 9.66. The second-order valence-corrected chi connectivity index (χ2v) is 13.2. The molecule has 4 heterocycles. The first-order chi connectivity index (χ1) is 16.6. The number of hydroxylamine groups is 3. The van der Waals surface area contributed by atoms with Gasteiger partial charge in [0.15, 0.2) is 11.2 Å². The zero-order valence-corrected chi connectivity index (χ0v) is 22.3. The molecule has 2 aromatic carbocycles. The molecule has 4 fully saturated rings. The lowest BCUT2D eigenvalue weighted by atomic mass is 9.58. The van der Waals surface area contributed by atoms with Crippen LogP contribution in [0.2, 0.25) is 0 Å². The third-order valence-electron chi connectivity index (χ3n) is 10.8. The maximum atomic E-state index is 14.7. The number of quaternary nitrogens is 1. The third-order valence-corrected chi connectivity index (χ3v) is 11.4. The van der Waals surface area contributed by atoms with Gasteiger partial charge in [0.05, 0.1) is 17.6 Å². The van der Waals surface area contributed by atoms with Crippen molar-refractivity contribution in [3.63, 3.8) is 0 Å². The number of nitrogens with zero attached hydrogens (tertiary/aromatic N) is 2. The largest absolute Gasteiger partial charge is 0.380 e. The highest BCUT2D eigenvalue weighted by Crippen LogP contribution is 2.76. The molecule has 5 aliphatic rings. The number of para-hydroxylation sites is 1. The van der Waals surface area contributed by atoms with Gasteiger partial charge in [-0.1, -0.05) is 56.3 Å². The third kappa shape index (κ3) is 2.35. The van der Waals surface area contributed by atoms with Crippen molar-refractivity contribution in [2.45, 2.75) is 88.1 Å². The van der Waals surface area contributed by atoms with Crippen LogP contribution >= 0.6 is 15.9 Å². The molecule has 1 unspecified atom stereocenters. The van der Waals surface area contributed by atoms with E-state index in [9.17, 15) is 9.90 Å². The number of amides is 1. The van der Waals surface area contributed by atoms with Crippen molar-refractivity contribution < 1.29 is 19.4 Å². The lowest BCUT2D eigenvalue weighted by Gasteiger charge is -2.45. The predicted octanol–water partition coefficient (Wildman–Crippen LogP) is 5.24. The van der Waals surface area contributed by atoms with Gasteiger partial charge in [0.2, 0.25) is 5.91 Å². The standard InChI is InChI=1S/C29H34BrN2O3/c1-19-9-7-12-21-15-29-26(2,3)28(17-27(29,34)18-32(19,21)35-29)22-13-8-14-23(30)24(22)31(25(28)33)16-20-10-5-4-6-11-20/h4-6,8,10-11,13-14,19,21,34H,7,9,12,15-18H2,1-3H3/q+1/t19-,21+,27+,28-,29-,32?/m0/s1. The summed E-state index contributed by atoms with van der Waals surface area (Å²) in [4.78, 5) is 23.8. The molecule has 184 valence electrons. The Labute approximate surface area is 215 Å². The van der Waals surface area contributed by atoms with Gasteiger partial charge in [-0.15, -0.1) is 0 Å². The molecule has 1 saturated carbocycles. The Kier molecular flexibility index (Phi) is 4.35. The van der Waals surface area contributed by atoms with Gasteiger partial charge in [-0.05, 0) is 46.5 Å². The van der Waals surface area contributed by atoms with Crippen LogP contribution in [0.1, 0.15) is 64.0 Å². The number of hydrogen-bond donors (Lipinski definition) is 1. The monoisotopic (exact) mass is 537 g/mol. The van der Waals surface area contributed by atoms with E-state index in [-0.39, 0.29) is 5.91 Å². The molecule has 2 bridgehead atoms. The maximum Gasteiger partial charge on any atom is 0.238 e. The first kappa shape index (κ1) is 22.5. The molecule has 3 saturated heterocycles. The summed E-state index contributed by atoms with van der Waals surface area (Å²) in [5.41, 5.74) is -0.105. The molecular formula is C29H34BrN2O3+. The molecule has 1 amide bonds. The Hall–Kier alpha value is -1.73. The van der Waals surface area contributed by atoms with Crippen LogP contribution in [0.5, 0.6) is 0 Å². The number of benzene rings is 2. The SMILES string of the molecule is C[C@H]1CCC[C@@H]2C[C@@]34O[N+]21C[C@]3(O)C[C@]1(C(=O)N(Cc2ccccc2)c2c(Br)cccc21)C4(C)C. The first-order valence-electron chi connectivity index (χ1n) is 13.1. The number of piperidine rings is 2. The lowest BCUT2D eigenvalue weighted by molar-refractivity contribution is -1.12. The van der Waals surface area contributed by atoms with Crippen LogP contribution in [-0.4, -0.2) is 45.5 Å². The molecule has 3 spiro atoms. The van der Waals surface area contributed by atoms with Crippen LogP contribution in [0.15, 0.2) is 53.0 Å². The van der Waals surface area contributed by atoms with E-state index in [0.717, 1.165) is 40.5 Å². The Morgan fingerprint density at radius 2 is 1.91 bits per heavy atom. The smallest absolute Gasteiger partial charge is 0.238 e. The van der Waals surface area contributed by atoms with Gasteiger partial charge < -0.3 is 10.0 Å². The lowest BCUT2D eigenvalue weighted by Crippen LogP contribution is -2.64. The van der Waals surface area contributed by atoms with Crippen molar-refractivity contribution in [3.8, 4) is 0 Å². The zero-order valence-electron chi connectivity index (χ0n) is 20.8. The van der Waals surface area contributed by atoms with Crippen LogP contribution in [0.25, 0.3) is 0 Å². The first-order valence-corrected chi connectivity index (χ1v) is 13.9. The van der Waals surface area contributed by atoms with Crippen molar-refractivity contribution in [2.24, 2.45) is 5.41 Å². The molecule has 7 rings (SSSR count). The average Bonchev–Trinajstić information content (AvgIpc) is 3.43. The maximum absolute atomic E-state index is 14.7. The minimum atomic E-state index is -1.03. The van der Waals surface area contributed by atoms with Crippen LogP contribution < -0.4 is 4.90 Å². The number of rotatable bonds is 2. The number of carbonyl (C=O) groups excluding carboxylic acids is 1. The normalized spacial score (nSPS) is 42.4. The van der Waals surface area contributed by atoms with E-state index in [0.29, 0.717) is 36.2 Å². The van der Waals surface area contributed by atoms with E-state index in [4.69, 9.17) is 4.84 Å². The molecule has 1 N–H and O–H groups in total. The van der Waals surface area contributed by atoms with Crippen molar-refractivity contribution in [1.29, 1.82) is 0 Å². The fourth-order valence-electron chi connectivity index (χ4n) is 9.08. The van der Waals surface area contributed by atoms with Gasteiger partial charge in [0.25, 0.3) is 0 Å². The van der Waals surface area contributed by atoms with Gasteiger partial charge in [-0.25, -0.2) is 0 Å². The molecule has 5 nitrogen and oxygen atoms in total. The average molecular weight is 539 g/mol. The van der Waals surface area contributed by atoms with E-state index >= 15 is 0 Å². The summed E-state index contributed by atoms with van der Waals surface area (Å²) >= 11 is 3.78. The molecule has 35 heavy (non-hydrogen) atoms. The summed E-state index contributed by atoms with van der Waals surface area (Å²) in [6.45, 7) is 7.79. The second-order valence-electron chi connectivity index (χ2n) is 12.3. The highest BCUT2D eigenvalue weighted by molar-refractivity contribution is 9.10.